The third-order valence-electron chi connectivity index (χ3n) is 6.88. The van der Waals surface area contributed by atoms with Crippen LogP contribution in [0.3, 0.4) is 0 Å². The molecule has 0 saturated carbocycles. The summed E-state index contributed by atoms with van der Waals surface area (Å²) in [5, 5.41) is 34.4. The minimum absolute atomic E-state index is 0.172. The smallest absolute Gasteiger partial charge is 0.334 e. The van der Waals surface area contributed by atoms with Crippen LogP contribution in [0.15, 0.2) is 84.0 Å². The van der Waals surface area contributed by atoms with Gasteiger partial charge in [0.2, 0.25) is 0 Å². The molecule has 3 aromatic carbocycles. The predicted molar refractivity (Wildman–Crippen MR) is 159 cm³/mol. The summed E-state index contributed by atoms with van der Waals surface area (Å²) >= 11 is 0. The summed E-state index contributed by atoms with van der Waals surface area (Å²) in [5.74, 6) is -2.19. The zero-order chi connectivity index (χ0) is 30.1. The van der Waals surface area contributed by atoms with Crippen LogP contribution in [0.2, 0.25) is 0 Å². The summed E-state index contributed by atoms with van der Waals surface area (Å²) in [6.45, 7) is -0.252. The molecule has 0 radical (unpaired) electrons. The number of rotatable bonds is 10. The number of aliphatic hydroxyl groups is 1. The van der Waals surface area contributed by atoms with Crippen LogP contribution in [0.4, 0.5) is 16.2 Å². The third kappa shape index (κ3) is 7.73. The van der Waals surface area contributed by atoms with Crippen molar-refractivity contribution in [3.05, 3.63) is 101 Å². The highest BCUT2D eigenvalue weighted by Gasteiger charge is 2.19. The van der Waals surface area contributed by atoms with Gasteiger partial charge < -0.3 is 20.8 Å². The van der Waals surface area contributed by atoms with E-state index in [9.17, 15) is 19.5 Å². The molecule has 42 heavy (non-hydrogen) atoms. The molecule has 4 rings (SSSR count). The Labute approximate surface area is 242 Å². The molecule has 0 saturated heterocycles. The summed E-state index contributed by atoms with van der Waals surface area (Å²) in [5.41, 5.74) is 12.0. The summed E-state index contributed by atoms with van der Waals surface area (Å²) in [6, 6.07) is 20.4. The second-order valence-corrected chi connectivity index (χ2v) is 9.84. The number of carboxylic acid groups (broad SMARTS) is 1. The fourth-order valence-corrected chi connectivity index (χ4v) is 4.56. The SMILES string of the molecule is N=NC(=N)c1cccc(NC(=O)N(Cc2ccc(C(=O)NC[C@@H](O)C(=O)O)cc2)c2ccc(C3=CCCCC3)cc2)c1. The van der Waals surface area contributed by atoms with Crippen LogP contribution in [0.1, 0.15) is 52.7 Å². The van der Waals surface area contributed by atoms with Crippen LogP contribution in [0.5, 0.6) is 0 Å². The molecule has 11 nitrogen and oxygen atoms in total. The molecular formula is C31H32N6O5. The molecule has 0 spiro atoms. The van der Waals surface area contributed by atoms with Gasteiger partial charge in [0.05, 0.1) is 13.1 Å². The molecule has 0 unspecified atom stereocenters. The number of anilines is 2. The van der Waals surface area contributed by atoms with E-state index in [-0.39, 0.29) is 17.9 Å². The van der Waals surface area contributed by atoms with Gasteiger partial charge in [0, 0.05) is 22.5 Å². The van der Waals surface area contributed by atoms with Gasteiger partial charge in [-0.15, -0.1) is 5.11 Å². The summed E-state index contributed by atoms with van der Waals surface area (Å²) in [4.78, 5) is 38.3. The van der Waals surface area contributed by atoms with Crippen LogP contribution in [-0.2, 0) is 11.3 Å². The zero-order valence-electron chi connectivity index (χ0n) is 22.8. The lowest BCUT2D eigenvalue weighted by molar-refractivity contribution is -0.146. The average Bonchev–Trinajstić information content (AvgIpc) is 3.02. The standard InChI is InChI=1S/C31H32N6O5/c32-28(36-33)24-7-4-8-25(17-24)35-31(42)37(26-15-13-22(14-16-26)21-5-2-1-3-6-21)19-20-9-11-23(12-10-20)29(39)34-18-27(38)30(40)41/h4-5,7-17,27,32-33,38H,1-3,6,18-19H2,(H,34,39)(H,35,42)(H,40,41)/t27-/m1/s1. The minimum Gasteiger partial charge on any atom is -0.479 e. The number of carbonyl (C=O) groups is 3. The quantitative estimate of drug-likeness (QED) is 0.108. The number of aliphatic hydroxyl groups excluding tert-OH is 1. The average molecular weight is 569 g/mol. The first-order chi connectivity index (χ1) is 20.2. The lowest BCUT2D eigenvalue weighted by atomic mass is 9.93. The zero-order valence-corrected chi connectivity index (χ0v) is 22.8. The van der Waals surface area contributed by atoms with Gasteiger partial charge in [-0.05, 0) is 78.8 Å². The van der Waals surface area contributed by atoms with Gasteiger partial charge in [-0.25, -0.2) is 15.1 Å². The monoisotopic (exact) mass is 568 g/mol. The molecule has 0 fully saturated rings. The molecule has 0 aromatic heterocycles. The number of urea groups is 1. The highest BCUT2D eigenvalue weighted by atomic mass is 16.4. The Hall–Kier alpha value is -5.16. The molecule has 3 amide bonds. The number of hydrogen-bond donors (Lipinski definition) is 6. The van der Waals surface area contributed by atoms with E-state index in [0.717, 1.165) is 30.4 Å². The molecule has 6 N–H and O–H groups in total. The van der Waals surface area contributed by atoms with Gasteiger partial charge in [-0.2, -0.15) is 0 Å². The van der Waals surface area contributed by atoms with Gasteiger partial charge >= 0.3 is 12.0 Å². The lowest BCUT2D eigenvalue weighted by Crippen LogP contribution is -2.36. The molecule has 0 bridgehead atoms. The van der Waals surface area contributed by atoms with Crippen molar-refractivity contribution in [3.63, 3.8) is 0 Å². The number of aliphatic carboxylic acids is 1. The van der Waals surface area contributed by atoms with Crippen molar-refractivity contribution in [2.24, 2.45) is 5.11 Å². The van der Waals surface area contributed by atoms with Gasteiger partial charge in [0.1, 0.15) is 0 Å². The van der Waals surface area contributed by atoms with Gasteiger partial charge in [0.25, 0.3) is 5.91 Å². The van der Waals surface area contributed by atoms with Crippen molar-refractivity contribution < 1.29 is 24.6 Å². The Morgan fingerprint density at radius 3 is 2.36 bits per heavy atom. The number of amidine groups is 1. The van der Waals surface area contributed by atoms with E-state index in [1.807, 2.05) is 24.3 Å². The predicted octanol–water partition coefficient (Wildman–Crippen LogP) is 5.41. The number of benzene rings is 3. The first kappa shape index (κ1) is 29.8. The molecule has 11 heteroatoms. The van der Waals surface area contributed by atoms with E-state index in [0.29, 0.717) is 16.9 Å². The maximum absolute atomic E-state index is 13.6. The van der Waals surface area contributed by atoms with E-state index in [2.05, 4.69) is 21.8 Å². The Morgan fingerprint density at radius 2 is 1.71 bits per heavy atom. The molecule has 3 aromatic rings. The maximum Gasteiger partial charge on any atom is 0.334 e. The Morgan fingerprint density at radius 1 is 0.976 bits per heavy atom. The first-order valence-electron chi connectivity index (χ1n) is 13.5. The lowest BCUT2D eigenvalue weighted by Gasteiger charge is -2.24. The molecule has 1 aliphatic carbocycles. The fraction of sp³-hybridized carbons (Fsp3) is 0.226. The van der Waals surface area contributed by atoms with Gasteiger partial charge in [-0.1, -0.05) is 42.5 Å². The highest BCUT2D eigenvalue weighted by Crippen LogP contribution is 2.29. The largest absolute Gasteiger partial charge is 0.479 e. The van der Waals surface area contributed by atoms with Gasteiger partial charge in [0.15, 0.2) is 11.9 Å². The summed E-state index contributed by atoms with van der Waals surface area (Å²) in [7, 11) is 0. The minimum atomic E-state index is -1.70. The third-order valence-corrected chi connectivity index (χ3v) is 6.88. The number of hydrogen-bond acceptors (Lipinski definition) is 6. The Bertz CT molecular complexity index is 1500. The maximum atomic E-state index is 13.6. The second kappa shape index (κ2) is 14.0. The number of nitrogens with one attached hydrogen (secondary N) is 4. The molecule has 216 valence electrons. The second-order valence-electron chi connectivity index (χ2n) is 9.84. The van der Waals surface area contributed by atoms with Crippen molar-refractivity contribution in [1.29, 1.82) is 10.9 Å². The van der Waals surface area contributed by atoms with E-state index >= 15 is 0 Å². The van der Waals surface area contributed by atoms with Crippen LogP contribution in [-0.4, -0.2) is 46.6 Å². The summed E-state index contributed by atoms with van der Waals surface area (Å²) in [6.07, 6.45) is 4.99. The molecule has 0 aliphatic heterocycles. The fourth-order valence-electron chi connectivity index (χ4n) is 4.56. The van der Waals surface area contributed by atoms with E-state index in [4.69, 9.17) is 16.0 Å². The van der Waals surface area contributed by atoms with E-state index in [1.165, 1.54) is 12.0 Å². The molecular weight excluding hydrogens is 536 g/mol. The van der Waals surface area contributed by atoms with Crippen LogP contribution >= 0.6 is 0 Å². The highest BCUT2D eigenvalue weighted by molar-refractivity contribution is 6.03. The topological polar surface area (TPSA) is 179 Å². The van der Waals surface area contributed by atoms with Crippen LogP contribution in [0.25, 0.3) is 5.57 Å². The molecule has 1 atom stereocenters. The van der Waals surface area contributed by atoms with Crippen molar-refractivity contribution in [1.82, 2.24) is 5.32 Å². The van der Waals surface area contributed by atoms with Crippen molar-refractivity contribution in [2.45, 2.75) is 38.3 Å². The normalized spacial score (nSPS) is 13.3. The molecule has 1 aliphatic rings. The van der Waals surface area contributed by atoms with E-state index in [1.54, 1.807) is 53.4 Å². The van der Waals surface area contributed by atoms with Crippen molar-refractivity contribution in [2.75, 3.05) is 16.8 Å². The summed E-state index contributed by atoms with van der Waals surface area (Å²) < 4.78 is 0. The number of carboxylic acids is 1. The van der Waals surface area contributed by atoms with Gasteiger partial charge in [-0.3, -0.25) is 15.1 Å². The molecule has 0 heterocycles. The van der Waals surface area contributed by atoms with Crippen LogP contribution < -0.4 is 15.5 Å². The van der Waals surface area contributed by atoms with Crippen molar-refractivity contribution >= 4 is 40.7 Å². The number of nitrogens with zero attached hydrogens (tertiary/aromatic N) is 2. The van der Waals surface area contributed by atoms with Crippen LogP contribution in [0, 0.1) is 10.9 Å². The number of carbonyl (C=O) groups excluding carboxylic acids is 2. The number of amides is 3. The Kier molecular flexibility index (Phi) is 9.90. The van der Waals surface area contributed by atoms with E-state index < -0.39 is 30.6 Å². The van der Waals surface area contributed by atoms with Crippen molar-refractivity contribution in [3.8, 4) is 0 Å². The number of allylic oxidation sites excluding steroid dienone is 2. The Balaban J connectivity index is 1.55. The first-order valence-corrected chi connectivity index (χ1v) is 13.5.